The molecule has 0 amide bonds. The molecule has 1 atom stereocenters. The van der Waals surface area contributed by atoms with E-state index in [9.17, 15) is 9.59 Å². The van der Waals surface area contributed by atoms with E-state index in [1.807, 2.05) is 26.0 Å². The highest BCUT2D eigenvalue weighted by molar-refractivity contribution is 5.86. The summed E-state index contributed by atoms with van der Waals surface area (Å²) in [5, 5.41) is 0. The number of aldehydes is 1. The van der Waals surface area contributed by atoms with E-state index in [4.69, 9.17) is 9.47 Å². The lowest BCUT2D eigenvalue weighted by Gasteiger charge is -2.33. The van der Waals surface area contributed by atoms with Crippen LogP contribution in [0.3, 0.4) is 0 Å². The molecule has 1 aromatic rings. The first-order valence-corrected chi connectivity index (χ1v) is 7.06. The van der Waals surface area contributed by atoms with Crippen LogP contribution >= 0.6 is 0 Å². The summed E-state index contributed by atoms with van der Waals surface area (Å²) in [6.07, 6.45) is 5.24. The van der Waals surface area contributed by atoms with E-state index in [1.165, 1.54) is 7.11 Å². The van der Waals surface area contributed by atoms with Gasteiger partial charge in [0.15, 0.2) is 6.29 Å². The predicted octanol–water partition coefficient (Wildman–Crippen LogP) is 2.93. The number of aryl methyl sites for hydroxylation is 1. The van der Waals surface area contributed by atoms with Crippen LogP contribution in [0.25, 0.3) is 6.08 Å². The topological polar surface area (TPSA) is 61.8 Å². The van der Waals surface area contributed by atoms with Gasteiger partial charge in [0.25, 0.3) is 0 Å². The molecular weight excluding hydrogens is 284 g/mol. The Balaban J connectivity index is 2.38. The van der Waals surface area contributed by atoms with Gasteiger partial charge in [-0.2, -0.15) is 0 Å². The molecule has 1 aliphatic rings. The van der Waals surface area contributed by atoms with Gasteiger partial charge in [0, 0.05) is 12.8 Å². The molecule has 5 nitrogen and oxygen atoms in total. The van der Waals surface area contributed by atoms with Crippen molar-refractivity contribution in [2.75, 3.05) is 14.2 Å². The number of carbonyl (C=O) groups is 2. The standard InChI is InChI=1S/C17H20O5/c1-11-9-12(10-18)16-13(15(11)21-4)5-7-17(2,22-16)8-6-14(19)20-3/h5,7,9-10H,6,8H2,1-4H3. The first-order chi connectivity index (χ1) is 10.4. The number of carbonyl (C=O) groups excluding carboxylic acids is 2. The fraction of sp³-hybridized carbons (Fsp3) is 0.412. The van der Waals surface area contributed by atoms with E-state index in [1.54, 1.807) is 13.2 Å². The molecule has 0 N–H and O–H groups in total. The van der Waals surface area contributed by atoms with E-state index in [0.29, 0.717) is 23.5 Å². The van der Waals surface area contributed by atoms with Crippen LogP contribution in [-0.2, 0) is 9.53 Å². The quantitative estimate of drug-likeness (QED) is 0.618. The van der Waals surface area contributed by atoms with Gasteiger partial charge in [0.05, 0.1) is 25.3 Å². The third-order valence-corrected chi connectivity index (χ3v) is 3.80. The smallest absolute Gasteiger partial charge is 0.305 e. The summed E-state index contributed by atoms with van der Waals surface area (Å²) in [4.78, 5) is 22.7. The minimum absolute atomic E-state index is 0.242. The van der Waals surface area contributed by atoms with E-state index in [0.717, 1.165) is 17.4 Å². The van der Waals surface area contributed by atoms with E-state index >= 15 is 0 Å². The number of esters is 1. The zero-order valence-corrected chi connectivity index (χ0v) is 13.3. The number of hydrogen-bond donors (Lipinski definition) is 0. The summed E-state index contributed by atoms with van der Waals surface area (Å²) in [7, 11) is 2.94. The number of hydrogen-bond acceptors (Lipinski definition) is 5. The Kier molecular flexibility index (Phi) is 4.54. The van der Waals surface area contributed by atoms with E-state index in [-0.39, 0.29) is 12.4 Å². The number of ether oxygens (including phenoxy) is 3. The molecule has 1 heterocycles. The van der Waals surface area contributed by atoms with Crippen molar-refractivity contribution in [1.29, 1.82) is 0 Å². The van der Waals surface area contributed by atoms with Crippen molar-refractivity contribution >= 4 is 18.3 Å². The summed E-state index contributed by atoms with van der Waals surface area (Å²) < 4.78 is 16.1. The fourth-order valence-electron chi connectivity index (χ4n) is 2.57. The molecule has 0 saturated heterocycles. The van der Waals surface area contributed by atoms with Gasteiger partial charge in [-0.15, -0.1) is 0 Å². The maximum absolute atomic E-state index is 11.3. The molecule has 0 fully saturated rings. The van der Waals surface area contributed by atoms with Gasteiger partial charge in [-0.25, -0.2) is 0 Å². The zero-order valence-electron chi connectivity index (χ0n) is 13.3. The molecule has 5 heteroatoms. The number of benzene rings is 1. The predicted molar refractivity (Wildman–Crippen MR) is 82.4 cm³/mol. The van der Waals surface area contributed by atoms with Gasteiger partial charge in [-0.1, -0.05) is 0 Å². The Morgan fingerprint density at radius 2 is 2.14 bits per heavy atom. The lowest BCUT2D eigenvalue weighted by Crippen LogP contribution is -2.33. The number of methoxy groups -OCH3 is 2. The summed E-state index contributed by atoms with van der Waals surface area (Å²) in [6, 6.07) is 1.74. The summed E-state index contributed by atoms with van der Waals surface area (Å²) in [5.41, 5.74) is 1.43. The molecule has 0 aromatic heterocycles. The average molecular weight is 304 g/mol. The Hall–Kier alpha value is -2.30. The SMILES string of the molecule is COC(=O)CCC1(C)C=Cc2c(OC)c(C)cc(C=O)c2O1. The van der Waals surface area contributed by atoms with Crippen LogP contribution in [0.2, 0.25) is 0 Å². The van der Waals surface area contributed by atoms with Gasteiger partial charge in [-0.05, 0) is 37.6 Å². The molecule has 1 unspecified atom stereocenters. The van der Waals surface area contributed by atoms with Gasteiger partial charge in [-0.3, -0.25) is 9.59 Å². The van der Waals surface area contributed by atoms with Crippen molar-refractivity contribution in [2.24, 2.45) is 0 Å². The monoisotopic (exact) mass is 304 g/mol. The zero-order chi connectivity index (χ0) is 16.3. The van der Waals surface area contributed by atoms with Crippen molar-refractivity contribution in [2.45, 2.75) is 32.3 Å². The normalized spacial score (nSPS) is 19.1. The Morgan fingerprint density at radius 1 is 1.41 bits per heavy atom. The molecule has 118 valence electrons. The van der Waals surface area contributed by atoms with Crippen LogP contribution in [0.15, 0.2) is 12.1 Å². The second kappa shape index (κ2) is 6.22. The van der Waals surface area contributed by atoms with Gasteiger partial charge >= 0.3 is 5.97 Å². The second-order valence-electron chi connectivity index (χ2n) is 5.50. The third-order valence-electron chi connectivity index (χ3n) is 3.80. The Bertz CT molecular complexity index is 632. The molecule has 1 aromatic carbocycles. The Labute approximate surface area is 129 Å². The van der Waals surface area contributed by atoms with Crippen LogP contribution in [0.1, 0.15) is 41.3 Å². The molecule has 0 radical (unpaired) electrons. The van der Waals surface area contributed by atoms with Gasteiger partial charge in [0.1, 0.15) is 17.1 Å². The minimum atomic E-state index is -0.667. The maximum Gasteiger partial charge on any atom is 0.305 e. The minimum Gasteiger partial charge on any atom is -0.496 e. The highest BCUT2D eigenvalue weighted by Gasteiger charge is 2.31. The van der Waals surface area contributed by atoms with Crippen LogP contribution < -0.4 is 9.47 Å². The highest BCUT2D eigenvalue weighted by Crippen LogP contribution is 2.42. The van der Waals surface area contributed by atoms with Gasteiger partial charge in [0.2, 0.25) is 0 Å². The summed E-state index contributed by atoms with van der Waals surface area (Å²) in [6.45, 7) is 3.75. The lowest BCUT2D eigenvalue weighted by molar-refractivity contribution is -0.141. The Morgan fingerprint density at radius 3 is 2.73 bits per heavy atom. The first kappa shape index (κ1) is 16.1. The second-order valence-corrected chi connectivity index (χ2v) is 5.50. The molecule has 22 heavy (non-hydrogen) atoms. The molecule has 0 saturated carbocycles. The van der Waals surface area contributed by atoms with Crippen LogP contribution in [-0.4, -0.2) is 32.1 Å². The third kappa shape index (κ3) is 2.98. The molecule has 1 aliphatic heterocycles. The number of rotatable bonds is 5. The van der Waals surface area contributed by atoms with Crippen molar-refractivity contribution in [3.63, 3.8) is 0 Å². The maximum atomic E-state index is 11.3. The first-order valence-electron chi connectivity index (χ1n) is 7.06. The van der Waals surface area contributed by atoms with Crippen molar-refractivity contribution < 1.29 is 23.8 Å². The van der Waals surface area contributed by atoms with E-state index < -0.39 is 5.60 Å². The molecular formula is C17H20O5. The van der Waals surface area contributed by atoms with Crippen molar-refractivity contribution in [1.82, 2.24) is 0 Å². The van der Waals surface area contributed by atoms with Crippen LogP contribution in [0.5, 0.6) is 11.5 Å². The van der Waals surface area contributed by atoms with Crippen molar-refractivity contribution in [3.05, 3.63) is 28.8 Å². The van der Waals surface area contributed by atoms with E-state index in [2.05, 4.69) is 4.74 Å². The summed E-state index contributed by atoms with van der Waals surface area (Å²) in [5.74, 6) is 0.889. The van der Waals surface area contributed by atoms with Crippen LogP contribution in [0, 0.1) is 6.92 Å². The molecule has 0 bridgehead atoms. The lowest BCUT2D eigenvalue weighted by atomic mass is 9.92. The molecule has 2 rings (SSSR count). The fourth-order valence-corrected chi connectivity index (χ4v) is 2.57. The summed E-state index contributed by atoms with van der Waals surface area (Å²) >= 11 is 0. The average Bonchev–Trinajstić information content (AvgIpc) is 2.52. The van der Waals surface area contributed by atoms with Crippen LogP contribution in [0.4, 0.5) is 0 Å². The molecule has 0 spiro atoms. The number of fused-ring (bicyclic) bond motifs is 1. The van der Waals surface area contributed by atoms with Crippen molar-refractivity contribution in [3.8, 4) is 11.5 Å². The molecule has 0 aliphatic carbocycles. The largest absolute Gasteiger partial charge is 0.496 e. The van der Waals surface area contributed by atoms with Gasteiger partial charge < -0.3 is 14.2 Å². The highest BCUT2D eigenvalue weighted by atomic mass is 16.5.